The van der Waals surface area contributed by atoms with Crippen molar-refractivity contribution in [2.75, 3.05) is 4.72 Å². The molecule has 0 aliphatic heterocycles. The van der Waals surface area contributed by atoms with Crippen molar-refractivity contribution in [2.45, 2.75) is 4.90 Å². The number of nitrogens with zero attached hydrogens (tertiary/aromatic N) is 2. The second-order valence-corrected chi connectivity index (χ2v) is 6.28. The van der Waals surface area contributed by atoms with E-state index in [1.54, 1.807) is 18.2 Å². The molecule has 3 aromatic rings. The summed E-state index contributed by atoms with van der Waals surface area (Å²) in [5, 5.41) is 9.86. The molecule has 0 aliphatic carbocycles. The van der Waals surface area contributed by atoms with E-state index in [4.69, 9.17) is 5.26 Å². The number of anilines is 1. The summed E-state index contributed by atoms with van der Waals surface area (Å²) in [5.74, 6) is 0. The Morgan fingerprint density at radius 2 is 1.77 bits per heavy atom. The zero-order chi connectivity index (χ0) is 15.6. The number of nitriles is 1. The number of sulfonamides is 1. The van der Waals surface area contributed by atoms with E-state index >= 15 is 0 Å². The molecular formula is C16H11N3O2S. The Morgan fingerprint density at radius 1 is 1.05 bits per heavy atom. The van der Waals surface area contributed by atoms with E-state index in [1.807, 2.05) is 30.3 Å². The second-order valence-electron chi connectivity index (χ2n) is 4.63. The largest absolute Gasteiger partial charge is 0.278 e. The van der Waals surface area contributed by atoms with Gasteiger partial charge in [-0.2, -0.15) is 5.26 Å². The van der Waals surface area contributed by atoms with Crippen LogP contribution < -0.4 is 4.72 Å². The van der Waals surface area contributed by atoms with Crippen LogP contribution >= 0.6 is 0 Å². The predicted molar refractivity (Wildman–Crippen MR) is 83.7 cm³/mol. The van der Waals surface area contributed by atoms with Crippen LogP contribution in [0.25, 0.3) is 10.9 Å². The van der Waals surface area contributed by atoms with E-state index in [0.29, 0.717) is 5.69 Å². The van der Waals surface area contributed by atoms with Crippen LogP contribution in [0, 0.1) is 11.3 Å². The van der Waals surface area contributed by atoms with Crippen LogP contribution in [0.3, 0.4) is 0 Å². The molecule has 0 fully saturated rings. The minimum Gasteiger partial charge on any atom is -0.278 e. The number of rotatable bonds is 3. The van der Waals surface area contributed by atoms with Gasteiger partial charge in [0.1, 0.15) is 11.0 Å². The van der Waals surface area contributed by atoms with Crippen molar-refractivity contribution in [1.29, 1.82) is 5.26 Å². The first kappa shape index (κ1) is 14.0. The van der Waals surface area contributed by atoms with Gasteiger partial charge in [0.05, 0.1) is 23.0 Å². The fraction of sp³-hybridized carbons (Fsp3) is 0. The molecule has 0 atom stereocenters. The number of aromatic nitrogens is 1. The zero-order valence-electron chi connectivity index (χ0n) is 11.4. The standard InChI is InChI=1S/C16H11N3O2S/c17-10-13-6-2-4-8-16(13)22(20,21)19-14-9-12-5-1-3-7-15(12)18-11-14/h1-9,11,19H. The highest BCUT2D eigenvalue weighted by molar-refractivity contribution is 7.92. The lowest BCUT2D eigenvalue weighted by Crippen LogP contribution is -2.14. The molecule has 0 spiro atoms. The predicted octanol–water partition coefficient (Wildman–Crippen LogP) is 2.91. The summed E-state index contributed by atoms with van der Waals surface area (Å²) in [6.45, 7) is 0. The lowest BCUT2D eigenvalue weighted by Gasteiger charge is -2.09. The van der Waals surface area contributed by atoms with Crippen LogP contribution in [0.2, 0.25) is 0 Å². The Labute approximate surface area is 127 Å². The minimum atomic E-state index is -3.84. The van der Waals surface area contributed by atoms with Crippen molar-refractivity contribution in [1.82, 2.24) is 4.98 Å². The quantitative estimate of drug-likeness (QED) is 0.806. The van der Waals surface area contributed by atoms with Crippen molar-refractivity contribution in [3.8, 4) is 6.07 Å². The van der Waals surface area contributed by atoms with Gasteiger partial charge in [-0.3, -0.25) is 9.71 Å². The van der Waals surface area contributed by atoms with E-state index < -0.39 is 10.0 Å². The van der Waals surface area contributed by atoms with Crippen molar-refractivity contribution >= 4 is 26.6 Å². The highest BCUT2D eigenvalue weighted by Crippen LogP contribution is 2.21. The summed E-state index contributed by atoms with van der Waals surface area (Å²) in [6.07, 6.45) is 1.45. The van der Waals surface area contributed by atoms with E-state index in [1.165, 1.54) is 18.3 Å². The van der Waals surface area contributed by atoms with Crippen molar-refractivity contribution < 1.29 is 8.42 Å². The van der Waals surface area contributed by atoms with Crippen LogP contribution in [0.1, 0.15) is 5.56 Å². The van der Waals surface area contributed by atoms with E-state index in [-0.39, 0.29) is 10.5 Å². The molecule has 1 aromatic heterocycles. The Morgan fingerprint density at radius 3 is 2.59 bits per heavy atom. The second kappa shape index (κ2) is 5.47. The molecule has 0 unspecified atom stereocenters. The molecule has 0 saturated heterocycles. The number of benzene rings is 2. The first-order valence-corrected chi connectivity index (χ1v) is 7.95. The molecular weight excluding hydrogens is 298 g/mol. The smallest absolute Gasteiger partial charge is 0.263 e. The topological polar surface area (TPSA) is 82.8 Å². The maximum atomic E-state index is 12.4. The maximum absolute atomic E-state index is 12.4. The van der Waals surface area contributed by atoms with Gasteiger partial charge in [0.25, 0.3) is 10.0 Å². The summed E-state index contributed by atoms with van der Waals surface area (Å²) >= 11 is 0. The lowest BCUT2D eigenvalue weighted by atomic mass is 10.2. The van der Waals surface area contributed by atoms with Crippen LogP contribution in [-0.4, -0.2) is 13.4 Å². The maximum Gasteiger partial charge on any atom is 0.263 e. The Balaban J connectivity index is 2.01. The molecule has 1 N–H and O–H groups in total. The molecule has 0 aliphatic rings. The normalized spacial score (nSPS) is 11.0. The number of fused-ring (bicyclic) bond motifs is 1. The van der Waals surface area contributed by atoms with Gasteiger partial charge in [-0.05, 0) is 24.3 Å². The molecule has 22 heavy (non-hydrogen) atoms. The van der Waals surface area contributed by atoms with E-state index in [0.717, 1.165) is 10.9 Å². The molecule has 2 aromatic carbocycles. The van der Waals surface area contributed by atoms with Gasteiger partial charge in [-0.1, -0.05) is 30.3 Å². The minimum absolute atomic E-state index is 0.0503. The number of para-hydroxylation sites is 1. The summed E-state index contributed by atoms with van der Waals surface area (Å²) in [6, 6.07) is 17.1. The Bertz CT molecular complexity index is 991. The van der Waals surface area contributed by atoms with Crippen molar-refractivity contribution in [3.63, 3.8) is 0 Å². The monoisotopic (exact) mass is 309 g/mol. The van der Waals surface area contributed by atoms with Crippen LogP contribution in [-0.2, 0) is 10.0 Å². The van der Waals surface area contributed by atoms with Gasteiger partial charge in [0.2, 0.25) is 0 Å². The molecule has 1 heterocycles. The number of hydrogen-bond acceptors (Lipinski definition) is 4. The van der Waals surface area contributed by atoms with Crippen LogP contribution in [0.5, 0.6) is 0 Å². The molecule has 0 bridgehead atoms. The Hall–Kier alpha value is -2.91. The molecule has 0 amide bonds. The molecule has 0 radical (unpaired) electrons. The fourth-order valence-electron chi connectivity index (χ4n) is 2.13. The first-order valence-electron chi connectivity index (χ1n) is 6.47. The highest BCUT2D eigenvalue weighted by Gasteiger charge is 2.18. The van der Waals surface area contributed by atoms with Crippen molar-refractivity contribution in [2.24, 2.45) is 0 Å². The van der Waals surface area contributed by atoms with Gasteiger partial charge in [-0.15, -0.1) is 0 Å². The molecule has 5 nitrogen and oxygen atoms in total. The van der Waals surface area contributed by atoms with Gasteiger partial charge >= 0.3 is 0 Å². The van der Waals surface area contributed by atoms with E-state index in [9.17, 15) is 8.42 Å². The molecule has 108 valence electrons. The molecule has 6 heteroatoms. The number of nitrogens with one attached hydrogen (secondary N) is 1. The van der Waals surface area contributed by atoms with Crippen LogP contribution in [0.4, 0.5) is 5.69 Å². The third kappa shape index (κ3) is 2.62. The third-order valence-corrected chi connectivity index (χ3v) is 4.58. The Kier molecular flexibility index (Phi) is 3.49. The number of hydrogen-bond donors (Lipinski definition) is 1. The number of pyridine rings is 1. The molecule has 0 saturated carbocycles. The summed E-state index contributed by atoms with van der Waals surface area (Å²) in [5.41, 5.74) is 1.23. The average Bonchev–Trinajstić information content (AvgIpc) is 2.54. The highest BCUT2D eigenvalue weighted by atomic mass is 32.2. The van der Waals surface area contributed by atoms with Gasteiger partial charge < -0.3 is 0 Å². The summed E-state index contributed by atoms with van der Waals surface area (Å²) in [7, 11) is -3.84. The zero-order valence-corrected chi connectivity index (χ0v) is 12.2. The lowest BCUT2D eigenvalue weighted by molar-refractivity contribution is 0.601. The molecule has 3 rings (SSSR count). The summed E-state index contributed by atoms with van der Waals surface area (Å²) in [4.78, 5) is 4.16. The van der Waals surface area contributed by atoms with Gasteiger partial charge in [0, 0.05) is 5.39 Å². The van der Waals surface area contributed by atoms with E-state index in [2.05, 4.69) is 9.71 Å². The third-order valence-electron chi connectivity index (χ3n) is 3.14. The first-order chi connectivity index (χ1) is 10.6. The van der Waals surface area contributed by atoms with Crippen LogP contribution in [0.15, 0.2) is 65.7 Å². The SMILES string of the molecule is N#Cc1ccccc1S(=O)(=O)Nc1cnc2ccccc2c1. The fourth-order valence-corrected chi connectivity index (χ4v) is 3.32. The van der Waals surface area contributed by atoms with Gasteiger partial charge in [0.15, 0.2) is 0 Å². The summed E-state index contributed by atoms with van der Waals surface area (Å²) < 4.78 is 27.3. The average molecular weight is 309 g/mol. The van der Waals surface area contributed by atoms with Crippen molar-refractivity contribution in [3.05, 3.63) is 66.4 Å². The van der Waals surface area contributed by atoms with Gasteiger partial charge in [-0.25, -0.2) is 8.42 Å².